The molecule has 0 spiro atoms. The average Bonchev–Trinajstić information content (AvgIpc) is 2.95. The third kappa shape index (κ3) is 5.22. The SMILES string of the molecule is Cc1ccccc1-c1cc2cnc(NC3CCN(Cc4ccccc4)CC3)nc2n(C2CCOCC2)c1=O. The van der Waals surface area contributed by atoms with Crippen molar-refractivity contribution in [3.05, 3.63) is 88.3 Å². The Bertz CT molecular complexity index is 1450. The molecule has 6 rings (SSSR count). The molecule has 196 valence electrons. The highest BCUT2D eigenvalue weighted by molar-refractivity contribution is 5.82. The van der Waals surface area contributed by atoms with Gasteiger partial charge in [0, 0.05) is 62.1 Å². The van der Waals surface area contributed by atoms with Crippen LogP contribution in [0.2, 0.25) is 0 Å². The van der Waals surface area contributed by atoms with Crippen LogP contribution >= 0.6 is 0 Å². The number of fused-ring (bicyclic) bond motifs is 1. The second kappa shape index (κ2) is 11.1. The first-order chi connectivity index (χ1) is 18.7. The van der Waals surface area contributed by atoms with Gasteiger partial charge in [0.05, 0.1) is 0 Å². The molecule has 1 N–H and O–H groups in total. The second-order valence-electron chi connectivity index (χ2n) is 10.5. The van der Waals surface area contributed by atoms with Crippen LogP contribution in [0.1, 0.15) is 42.9 Å². The monoisotopic (exact) mass is 509 g/mol. The first-order valence-corrected chi connectivity index (χ1v) is 13.7. The van der Waals surface area contributed by atoms with Crippen molar-refractivity contribution in [1.29, 1.82) is 0 Å². The molecule has 0 bridgehead atoms. The number of piperidine rings is 1. The number of anilines is 1. The van der Waals surface area contributed by atoms with Crippen LogP contribution in [-0.4, -0.2) is 51.8 Å². The van der Waals surface area contributed by atoms with E-state index in [1.165, 1.54) is 5.56 Å². The van der Waals surface area contributed by atoms with Crippen molar-refractivity contribution < 1.29 is 4.74 Å². The first-order valence-electron chi connectivity index (χ1n) is 13.7. The highest BCUT2D eigenvalue weighted by Crippen LogP contribution is 2.28. The number of aromatic nitrogens is 3. The van der Waals surface area contributed by atoms with E-state index in [1.807, 2.05) is 48.0 Å². The summed E-state index contributed by atoms with van der Waals surface area (Å²) >= 11 is 0. The summed E-state index contributed by atoms with van der Waals surface area (Å²) in [6.07, 6.45) is 5.55. The number of hydrogen-bond donors (Lipinski definition) is 1. The third-order valence-corrected chi connectivity index (χ3v) is 7.93. The number of likely N-dealkylation sites (tertiary alicyclic amines) is 1. The zero-order chi connectivity index (χ0) is 25.9. The van der Waals surface area contributed by atoms with E-state index in [0.717, 1.165) is 61.8 Å². The molecule has 4 aromatic rings. The van der Waals surface area contributed by atoms with Gasteiger partial charge in [-0.1, -0.05) is 54.6 Å². The fraction of sp³-hybridized carbons (Fsp3) is 0.387. The molecule has 2 aliphatic rings. The Morgan fingerprint density at radius 3 is 2.45 bits per heavy atom. The van der Waals surface area contributed by atoms with Crippen molar-refractivity contribution in [3.8, 4) is 11.1 Å². The van der Waals surface area contributed by atoms with Crippen LogP contribution in [0.3, 0.4) is 0 Å². The highest BCUT2D eigenvalue weighted by Gasteiger charge is 2.24. The lowest BCUT2D eigenvalue weighted by atomic mass is 10.00. The van der Waals surface area contributed by atoms with Gasteiger partial charge in [-0.3, -0.25) is 14.3 Å². The molecule has 2 fully saturated rings. The quantitative estimate of drug-likeness (QED) is 0.385. The topological polar surface area (TPSA) is 72.3 Å². The molecule has 0 atom stereocenters. The number of benzene rings is 2. The summed E-state index contributed by atoms with van der Waals surface area (Å²) in [6, 6.07) is 21.0. The summed E-state index contributed by atoms with van der Waals surface area (Å²) in [7, 11) is 0. The first kappa shape index (κ1) is 24.8. The van der Waals surface area contributed by atoms with Crippen LogP contribution in [0.25, 0.3) is 22.2 Å². The van der Waals surface area contributed by atoms with E-state index in [-0.39, 0.29) is 11.6 Å². The summed E-state index contributed by atoms with van der Waals surface area (Å²) in [4.78, 5) is 26.1. The minimum atomic E-state index is 0.0116. The molecule has 4 heterocycles. The predicted octanol–water partition coefficient (Wildman–Crippen LogP) is 5.19. The van der Waals surface area contributed by atoms with Gasteiger partial charge in [-0.2, -0.15) is 4.98 Å². The van der Waals surface area contributed by atoms with E-state index < -0.39 is 0 Å². The molecule has 2 aliphatic heterocycles. The van der Waals surface area contributed by atoms with Crippen molar-refractivity contribution in [3.63, 3.8) is 0 Å². The maximum absolute atomic E-state index is 14.0. The Hall–Kier alpha value is -3.55. The Morgan fingerprint density at radius 2 is 1.68 bits per heavy atom. The Morgan fingerprint density at radius 1 is 0.947 bits per heavy atom. The van der Waals surface area contributed by atoms with Crippen molar-refractivity contribution in [1.82, 2.24) is 19.4 Å². The number of rotatable bonds is 6. The number of nitrogens with zero attached hydrogens (tertiary/aromatic N) is 4. The largest absolute Gasteiger partial charge is 0.381 e. The molecule has 2 saturated heterocycles. The molecule has 0 unspecified atom stereocenters. The fourth-order valence-electron chi connectivity index (χ4n) is 5.80. The number of ether oxygens (including phenoxy) is 1. The lowest BCUT2D eigenvalue weighted by Gasteiger charge is -2.32. The van der Waals surface area contributed by atoms with Crippen LogP contribution in [0.15, 0.2) is 71.7 Å². The highest BCUT2D eigenvalue weighted by atomic mass is 16.5. The molecule has 2 aromatic heterocycles. The molecule has 7 nitrogen and oxygen atoms in total. The average molecular weight is 510 g/mol. The van der Waals surface area contributed by atoms with Crippen LogP contribution in [0, 0.1) is 6.92 Å². The zero-order valence-corrected chi connectivity index (χ0v) is 22.0. The lowest BCUT2D eigenvalue weighted by Crippen LogP contribution is -2.39. The van der Waals surface area contributed by atoms with Crippen LogP contribution < -0.4 is 10.9 Å². The van der Waals surface area contributed by atoms with Crippen LogP contribution in [0.5, 0.6) is 0 Å². The molecule has 0 saturated carbocycles. The minimum Gasteiger partial charge on any atom is -0.381 e. The summed E-state index contributed by atoms with van der Waals surface area (Å²) in [5.41, 5.74) is 4.82. The van der Waals surface area contributed by atoms with Crippen molar-refractivity contribution >= 4 is 17.0 Å². The molecule has 38 heavy (non-hydrogen) atoms. The number of nitrogens with one attached hydrogen (secondary N) is 1. The van der Waals surface area contributed by atoms with E-state index in [0.29, 0.717) is 36.4 Å². The van der Waals surface area contributed by atoms with Gasteiger partial charge in [-0.15, -0.1) is 0 Å². The molecular weight excluding hydrogens is 474 g/mol. The molecule has 2 aromatic carbocycles. The van der Waals surface area contributed by atoms with Gasteiger partial charge < -0.3 is 10.1 Å². The molecule has 0 radical (unpaired) electrons. The van der Waals surface area contributed by atoms with Gasteiger partial charge in [0.1, 0.15) is 5.65 Å². The number of pyridine rings is 1. The van der Waals surface area contributed by atoms with Crippen molar-refractivity contribution in [2.24, 2.45) is 0 Å². The normalized spacial score (nSPS) is 17.6. The van der Waals surface area contributed by atoms with E-state index in [4.69, 9.17) is 9.72 Å². The fourth-order valence-corrected chi connectivity index (χ4v) is 5.80. The zero-order valence-electron chi connectivity index (χ0n) is 22.0. The number of aryl methyl sites for hydroxylation is 1. The molecule has 0 amide bonds. The second-order valence-corrected chi connectivity index (χ2v) is 10.5. The smallest absolute Gasteiger partial charge is 0.260 e. The van der Waals surface area contributed by atoms with E-state index in [1.54, 1.807) is 0 Å². The van der Waals surface area contributed by atoms with Crippen molar-refractivity contribution in [2.45, 2.75) is 51.2 Å². The standard InChI is InChI=1S/C31H35N5O2/c1-22-7-5-6-10-27(22)28-19-24-20-32-31(34-29(24)36(30(28)37)26-13-17-38-18-14-26)33-25-11-15-35(16-12-25)21-23-8-3-2-4-9-23/h2-10,19-20,25-26H,11-18,21H2,1H3,(H,32,33,34). The minimum absolute atomic E-state index is 0.0116. The van der Waals surface area contributed by atoms with E-state index in [2.05, 4.69) is 45.5 Å². The Balaban J connectivity index is 1.27. The van der Waals surface area contributed by atoms with Gasteiger partial charge >= 0.3 is 0 Å². The van der Waals surface area contributed by atoms with Gasteiger partial charge in [0.15, 0.2) is 0 Å². The van der Waals surface area contributed by atoms with Crippen molar-refractivity contribution in [2.75, 3.05) is 31.6 Å². The van der Waals surface area contributed by atoms with Gasteiger partial charge in [-0.05, 0) is 55.4 Å². The van der Waals surface area contributed by atoms with Gasteiger partial charge in [0.25, 0.3) is 5.56 Å². The van der Waals surface area contributed by atoms with E-state index >= 15 is 0 Å². The number of hydrogen-bond acceptors (Lipinski definition) is 6. The van der Waals surface area contributed by atoms with Gasteiger partial charge in [-0.25, -0.2) is 4.98 Å². The third-order valence-electron chi connectivity index (χ3n) is 7.93. The van der Waals surface area contributed by atoms with Crippen LogP contribution in [-0.2, 0) is 11.3 Å². The summed E-state index contributed by atoms with van der Waals surface area (Å²) in [5.74, 6) is 0.600. The Kier molecular flexibility index (Phi) is 7.20. The van der Waals surface area contributed by atoms with E-state index in [9.17, 15) is 4.79 Å². The maximum Gasteiger partial charge on any atom is 0.260 e. The molecule has 0 aliphatic carbocycles. The summed E-state index contributed by atoms with van der Waals surface area (Å²) < 4.78 is 7.52. The summed E-state index contributed by atoms with van der Waals surface area (Å²) in [6.45, 7) is 6.42. The molecule has 7 heteroatoms. The van der Waals surface area contributed by atoms with Gasteiger partial charge in [0.2, 0.25) is 5.95 Å². The lowest BCUT2D eigenvalue weighted by molar-refractivity contribution is 0.0697. The molecular formula is C31H35N5O2. The summed E-state index contributed by atoms with van der Waals surface area (Å²) in [5, 5.41) is 4.46. The van der Waals surface area contributed by atoms with Crippen LogP contribution in [0.4, 0.5) is 5.95 Å². The Labute approximate surface area is 223 Å². The maximum atomic E-state index is 14.0. The predicted molar refractivity (Wildman–Crippen MR) is 151 cm³/mol.